The van der Waals surface area contributed by atoms with Crippen LogP contribution in [-0.2, 0) is 11.2 Å². The van der Waals surface area contributed by atoms with E-state index in [4.69, 9.17) is 0 Å². The fourth-order valence-electron chi connectivity index (χ4n) is 1.88. The van der Waals surface area contributed by atoms with Gasteiger partial charge in [0.15, 0.2) is 5.78 Å². The zero-order valence-corrected chi connectivity index (χ0v) is 10.4. The van der Waals surface area contributed by atoms with Crippen molar-refractivity contribution in [3.05, 3.63) is 71.5 Å². The Morgan fingerprint density at radius 3 is 2.32 bits per heavy atom. The van der Waals surface area contributed by atoms with Crippen molar-refractivity contribution in [2.45, 2.75) is 18.9 Å². The van der Waals surface area contributed by atoms with Crippen LogP contribution in [0.1, 0.15) is 23.7 Å². The Labute approximate surface area is 111 Å². The fourth-order valence-corrected chi connectivity index (χ4v) is 1.88. The molecule has 0 aromatic heterocycles. The highest BCUT2D eigenvalue weighted by Gasteiger charge is 2.16. The predicted octanol–water partition coefficient (Wildman–Crippen LogP) is 3.06. The summed E-state index contributed by atoms with van der Waals surface area (Å²) < 4.78 is 12.8. The van der Waals surface area contributed by atoms with Crippen LogP contribution in [0.4, 0.5) is 4.39 Å². The van der Waals surface area contributed by atoms with Crippen molar-refractivity contribution in [1.82, 2.24) is 0 Å². The molecule has 0 spiro atoms. The van der Waals surface area contributed by atoms with E-state index in [2.05, 4.69) is 0 Å². The van der Waals surface area contributed by atoms with Crippen LogP contribution in [0.3, 0.4) is 0 Å². The third-order valence-electron chi connectivity index (χ3n) is 2.99. The number of aryl methyl sites for hydroxylation is 1. The van der Waals surface area contributed by atoms with Crippen LogP contribution >= 0.6 is 0 Å². The quantitative estimate of drug-likeness (QED) is 0.895. The van der Waals surface area contributed by atoms with E-state index in [1.165, 1.54) is 24.3 Å². The second-order valence-electron chi connectivity index (χ2n) is 4.41. The Morgan fingerprint density at radius 2 is 1.68 bits per heavy atom. The molecule has 0 saturated heterocycles. The van der Waals surface area contributed by atoms with Crippen molar-refractivity contribution < 1.29 is 14.3 Å². The number of hydrogen-bond donors (Lipinski definition) is 1. The third-order valence-corrected chi connectivity index (χ3v) is 2.99. The first kappa shape index (κ1) is 13.4. The highest BCUT2D eigenvalue weighted by Crippen LogP contribution is 2.17. The molecule has 19 heavy (non-hydrogen) atoms. The van der Waals surface area contributed by atoms with Gasteiger partial charge in [0.1, 0.15) is 11.9 Å². The number of aliphatic hydroxyl groups excluding tert-OH is 1. The largest absolute Gasteiger partial charge is 0.381 e. The summed E-state index contributed by atoms with van der Waals surface area (Å²) in [4.78, 5) is 11.9. The molecule has 2 aromatic carbocycles. The number of hydrogen-bond acceptors (Lipinski definition) is 2. The number of Topliss-reactive ketones (excluding diaryl/α,β-unsaturated/α-hetero) is 1. The van der Waals surface area contributed by atoms with Gasteiger partial charge in [0, 0.05) is 6.42 Å². The molecule has 2 rings (SSSR count). The van der Waals surface area contributed by atoms with Crippen LogP contribution < -0.4 is 0 Å². The topological polar surface area (TPSA) is 37.3 Å². The number of benzene rings is 2. The molecule has 0 heterocycles. The SMILES string of the molecule is O=C(CCc1ccccc1)C(O)c1ccc(F)cc1. The van der Waals surface area contributed by atoms with E-state index in [1.807, 2.05) is 30.3 Å². The van der Waals surface area contributed by atoms with E-state index in [1.54, 1.807) is 0 Å². The summed E-state index contributed by atoms with van der Waals surface area (Å²) in [6, 6.07) is 15.0. The minimum Gasteiger partial charge on any atom is -0.381 e. The predicted molar refractivity (Wildman–Crippen MR) is 71.1 cm³/mol. The molecule has 1 unspecified atom stereocenters. The fraction of sp³-hybridized carbons (Fsp3) is 0.188. The van der Waals surface area contributed by atoms with Gasteiger partial charge in [-0.05, 0) is 29.7 Å². The van der Waals surface area contributed by atoms with Crippen LogP contribution in [0.15, 0.2) is 54.6 Å². The lowest BCUT2D eigenvalue weighted by atomic mass is 10.00. The molecule has 0 aliphatic heterocycles. The summed E-state index contributed by atoms with van der Waals surface area (Å²) in [6.45, 7) is 0. The number of carbonyl (C=O) groups excluding carboxylic acids is 1. The molecule has 0 fully saturated rings. The maximum atomic E-state index is 12.8. The first-order valence-electron chi connectivity index (χ1n) is 6.17. The number of aliphatic hydroxyl groups is 1. The Morgan fingerprint density at radius 1 is 1.05 bits per heavy atom. The summed E-state index contributed by atoms with van der Waals surface area (Å²) in [5.74, 6) is -0.636. The van der Waals surface area contributed by atoms with Crippen molar-refractivity contribution in [2.75, 3.05) is 0 Å². The lowest BCUT2D eigenvalue weighted by Gasteiger charge is -2.09. The second kappa shape index (κ2) is 6.25. The zero-order valence-electron chi connectivity index (χ0n) is 10.4. The summed E-state index contributed by atoms with van der Waals surface area (Å²) >= 11 is 0. The van der Waals surface area contributed by atoms with E-state index >= 15 is 0 Å². The van der Waals surface area contributed by atoms with Gasteiger partial charge in [-0.2, -0.15) is 0 Å². The van der Waals surface area contributed by atoms with Crippen LogP contribution in [0.2, 0.25) is 0 Å². The molecular weight excluding hydrogens is 243 g/mol. The van der Waals surface area contributed by atoms with Crippen LogP contribution in [0.25, 0.3) is 0 Å². The minimum atomic E-state index is -1.18. The third kappa shape index (κ3) is 3.73. The van der Waals surface area contributed by atoms with Crippen molar-refractivity contribution in [3.8, 4) is 0 Å². The molecule has 0 bridgehead atoms. The van der Waals surface area contributed by atoms with Gasteiger partial charge in [-0.3, -0.25) is 4.79 Å². The summed E-state index contributed by atoms with van der Waals surface area (Å²) in [6.07, 6.45) is -0.315. The number of carbonyl (C=O) groups is 1. The van der Waals surface area contributed by atoms with Gasteiger partial charge in [0.25, 0.3) is 0 Å². The van der Waals surface area contributed by atoms with Crippen molar-refractivity contribution in [1.29, 1.82) is 0 Å². The molecule has 1 N–H and O–H groups in total. The standard InChI is InChI=1S/C16H15FO2/c17-14-9-7-13(8-10-14)16(19)15(18)11-6-12-4-2-1-3-5-12/h1-5,7-10,16,19H,6,11H2. The Kier molecular flexibility index (Phi) is 4.42. The molecule has 1 atom stereocenters. The zero-order chi connectivity index (χ0) is 13.7. The first-order chi connectivity index (χ1) is 9.16. The maximum absolute atomic E-state index is 12.8. The number of rotatable bonds is 5. The number of halogens is 1. The molecule has 0 radical (unpaired) electrons. The molecular formula is C16H15FO2. The molecule has 2 nitrogen and oxygen atoms in total. The molecule has 2 aromatic rings. The molecule has 3 heteroatoms. The van der Waals surface area contributed by atoms with Crippen LogP contribution in [0, 0.1) is 5.82 Å². The van der Waals surface area contributed by atoms with Crippen LogP contribution in [-0.4, -0.2) is 10.9 Å². The van der Waals surface area contributed by atoms with E-state index in [-0.39, 0.29) is 18.0 Å². The highest BCUT2D eigenvalue weighted by molar-refractivity contribution is 5.84. The first-order valence-corrected chi connectivity index (χ1v) is 6.17. The van der Waals surface area contributed by atoms with Gasteiger partial charge in [-0.1, -0.05) is 42.5 Å². The molecule has 0 saturated carbocycles. The van der Waals surface area contributed by atoms with Crippen molar-refractivity contribution in [2.24, 2.45) is 0 Å². The summed E-state index contributed by atoms with van der Waals surface area (Å²) in [5, 5.41) is 9.89. The Hall–Kier alpha value is -2.00. The summed E-state index contributed by atoms with van der Waals surface area (Å²) in [7, 11) is 0. The van der Waals surface area contributed by atoms with Gasteiger partial charge in [-0.15, -0.1) is 0 Å². The summed E-state index contributed by atoms with van der Waals surface area (Å²) in [5.41, 5.74) is 1.49. The Bertz CT molecular complexity index is 534. The van der Waals surface area contributed by atoms with Gasteiger partial charge in [0.05, 0.1) is 0 Å². The smallest absolute Gasteiger partial charge is 0.166 e. The molecule has 98 valence electrons. The lowest BCUT2D eigenvalue weighted by molar-refractivity contribution is -0.127. The maximum Gasteiger partial charge on any atom is 0.166 e. The minimum absolute atomic E-state index is 0.254. The monoisotopic (exact) mass is 258 g/mol. The Balaban J connectivity index is 1.94. The van der Waals surface area contributed by atoms with E-state index < -0.39 is 6.10 Å². The number of ketones is 1. The second-order valence-corrected chi connectivity index (χ2v) is 4.41. The van der Waals surface area contributed by atoms with E-state index in [0.717, 1.165) is 5.56 Å². The molecule has 0 amide bonds. The average molecular weight is 258 g/mol. The lowest BCUT2D eigenvalue weighted by Crippen LogP contribution is -2.12. The van der Waals surface area contributed by atoms with Gasteiger partial charge in [0.2, 0.25) is 0 Å². The normalized spacial score (nSPS) is 12.1. The van der Waals surface area contributed by atoms with E-state index in [9.17, 15) is 14.3 Å². The van der Waals surface area contributed by atoms with Crippen molar-refractivity contribution in [3.63, 3.8) is 0 Å². The van der Waals surface area contributed by atoms with Crippen LogP contribution in [0.5, 0.6) is 0 Å². The van der Waals surface area contributed by atoms with Gasteiger partial charge < -0.3 is 5.11 Å². The van der Waals surface area contributed by atoms with E-state index in [0.29, 0.717) is 12.0 Å². The highest BCUT2D eigenvalue weighted by atomic mass is 19.1. The molecule has 0 aliphatic carbocycles. The average Bonchev–Trinajstić information content (AvgIpc) is 2.46. The van der Waals surface area contributed by atoms with Crippen molar-refractivity contribution >= 4 is 5.78 Å². The van der Waals surface area contributed by atoms with Gasteiger partial charge in [-0.25, -0.2) is 4.39 Å². The molecule has 0 aliphatic rings. The van der Waals surface area contributed by atoms with Gasteiger partial charge >= 0.3 is 0 Å².